The Kier molecular flexibility index (Phi) is 8.69. The molecule has 5 heterocycles. The zero-order valence-electron chi connectivity index (χ0n) is 26.5. The maximum absolute atomic E-state index is 14.9. The fourth-order valence-electron chi connectivity index (χ4n) is 5.92. The van der Waals surface area contributed by atoms with Gasteiger partial charge < -0.3 is 10.6 Å². The maximum atomic E-state index is 14.9. The van der Waals surface area contributed by atoms with Crippen LogP contribution in [0.25, 0.3) is 10.9 Å². The van der Waals surface area contributed by atoms with E-state index in [2.05, 4.69) is 30.8 Å². The van der Waals surface area contributed by atoms with Crippen LogP contribution in [-0.2, 0) is 39.5 Å². The van der Waals surface area contributed by atoms with Crippen molar-refractivity contribution >= 4 is 40.0 Å². The smallest absolute Gasteiger partial charge is 0.352 e. The van der Waals surface area contributed by atoms with Crippen molar-refractivity contribution < 1.29 is 18.0 Å². The van der Waals surface area contributed by atoms with E-state index in [0.717, 1.165) is 14.7 Å². The summed E-state index contributed by atoms with van der Waals surface area (Å²) >= 11 is 6.78. The predicted molar refractivity (Wildman–Crippen MR) is 177 cm³/mol. The minimum Gasteiger partial charge on any atom is -0.352 e. The molecule has 0 unspecified atom stereocenters. The molecule has 3 aromatic carbocycles. The summed E-state index contributed by atoms with van der Waals surface area (Å²) in [7, 11) is 1.74. The molecule has 0 saturated carbocycles. The molecule has 0 atom stereocenters. The summed E-state index contributed by atoms with van der Waals surface area (Å²) < 4.78 is 47.8. The molecule has 17 heteroatoms. The number of fused-ring (bicyclic) bond motifs is 8. The minimum atomic E-state index is -1.40. The number of anilines is 2. The molecule has 8 rings (SSSR count). The first-order chi connectivity index (χ1) is 24.0. The van der Waals surface area contributed by atoms with E-state index >= 15 is 0 Å². The van der Waals surface area contributed by atoms with E-state index in [1.807, 2.05) is 6.07 Å². The molecular formula is C33H28ClF3N10O3. The van der Waals surface area contributed by atoms with Gasteiger partial charge in [-0.3, -0.25) is 18.7 Å². The third kappa shape index (κ3) is 6.48. The Morgan fingerprint density at radius 2 is 1.80 bits per heavy atom. The van der Waals surface area contributed by atoms with E-state index in [1.54, 1.807) is 42.2 Å². The lowest BCUT2D eigenvalue weighted by Gasteiger charge is -2.19. The number of carbonyl (C=O) groups excluding carboxylic acids is 1. The van der Waals surface area contributed by atoms with E-state index < -0.39 is 35.4 Å². The van der Waals surface area contributed by atoms with Gasteiger partial charge in [-0.15, -0.1) is 0 Å². The van der Waals surface area contributed by atoms with Gasteiger partial charge in [-0.1, -0.05) is 23.7 Å². The standard InChI is InChI=1S/C33H28ClF3N10O3/c1-44-15-22-21-6-3-8-38-30(48)19-5-2-4-18(10-19)7-9-45-17-39-28(43-45)16-47-32(49)41-31(40-29(21)23(34)12-27(22)42-44)46(33(47)50)14-20-11-25(36)26(37)13-24(20)35/h2,4-5,10-13,15,17H,3,6-9,14,16H2,1H3,(H,38,48)(H,40,41,49). The third-order valence-corrected chi connectivity index (χ3v) is 8.68. The maximum Gasteiger partial charge on any atom is 0.355 e. The van der Waals surface area contributed by atoms with Crippen LogP contribution in [0.3, 0.4) is 0 Å². The van der Waals surface area contributed by atoms with Gasteiger partial charge in [0.15, 0.2) is 17.5 Å². The number of amides is 1. The Morgan fingerprint density at radius 1 is 0.980 bits per heavy atom. The van der Waals surface area contributed by atoms with Gasteiger partial charge in [0, 0.05) is 48.9 Å². The van der Waals surface area contributed by atoms with Crippen molar-refractivity contribution in [3.8, 4) is 0 Å². The van der Waals surface area contributed by atoms with Gasteiger partial charge in [-0.05, 0) is 54.7 Å². The number of aryl methyl sites for hydroxylation is 4. The predicted octanol–water partition coefficient (Wildman–Crippen LogP) is 3.71. The average molecular weight is 705 g/mol. The monoisotopic (exact) mass is 704 g/mol. The van der Waals surface area contributed by atoms with Crippen LogP contribution in [0.5, 0.6) is 0 Å². The molecule has 0 fully saturated rings. The molecule has 50 heavy (non-hydrogen) atoms. The van der Waals surface area contributed by atoms with Crippen molar-refractivity contribution in [2.45, 2.75) is 38.9 Å². The van der Waals surface area contributed by atoms with Crippen LogP contribution >= 0.6 is 11.6 Å². The molecule has 2 aliphatic heterocycles. The SMILES string of the molecule is Cn1cc2c3c(c(Cl)cc2n1)Nc1nc(=O)n(c(=O)n1Cc1cc(F)c(F)cc1F)Cc1ncn(n1)CCc1cccc(c1)C(=O)NCCC3. The quantitative estimate of drug-likeness (QED) is 0.260. The second-order valence-corrected chi connectivity index (χ2v) is 12.2. The molecule has 6 aromatic rings. The highest BCUT2D eigenvalue weighted by molar-refractivity contribution is 6.34. The molecule has 0 aliphatic carbocycles. The average Bonchev–Trinajstić information content (AvgIpc) is 3.70. The Morgan fingerprint density at radius 3 is 2.64 bits per heavy atom. The first kappa shape index (κ1) is 32.8. The molecule has 2 N–H and O–H groups in total. The molecule has 3 aromatic heterocycles. The summed E-state index contributed by atoms with van der Waals surface area (Å²) in [6.07, 6.45) is 4.55. The number of hydrogen-bond donors (Lipinski definition) is 2. The van der Waals surface area contributed by atoms with Gasteiger partial charge >= 0.3 is 11.4 Å². The van der Waals surface area contributed by atoms with Crippen LogP contribution in [0.1, 0.15) is 39.3 Å². The van der Waals surface area contributed by atoms with Crippen molar-refractivity contribution in [2.75, 3.05) is 11.9 Å². The summed E-state index contributed by atoms with van der Waals surface area (Å²) in [6, 6.07) is 9.84. The van der Waals surface area contributed by atoms with Crippen molar-refractivity contribution in [3.05, 3.63) is 127 Å². The van der Waals surface area contributed by atoms with E-state index in [-0.39, 0.29) is 40.5 Å². The minimum absolute atomic E-state index is 0.114. The van der Waals surface area contributed by atoms with Crippen LogP contribution < -0.4 is 22.0 Å². The van der Waals surface area contributed by atoms with Gasteiger partial charge in [-0.25, -0.2) is 32.3 Å². The van der Waals surface area contributed by atoms with Gasteiger partial charge in [0.25, 0.3) is 5.91 Å². The van der Waals surface area contributed by atoms with E-state index in [1.165, 1.54) is 11.0 Å². The molecule has 0 radical (unpaired) electrons. The second kappa shape index (κ2) is 13.3. The Hall–Kier alpha value is -5.77. The summed E-state index contributed by atoms with van der Waals surface area (Å²) in [5, 5.41) is 15.7. The lowest BCUT2D eigenvalue weighted by atomic mass is 10.0. The lowest BCUT2D eigenvalue weighted by molar-refractivity contribution is 0.0953. The van der Waals surface area contributed by atoms with E-state index in [0.29, 0.717) is 66.5 Å². The summed E-state index contributed by atoms with van der Waals surface area (Å²) in [6.45, 7) is -0.337. The summed E-state index contributed by atoms with van der Waals surface area (Å²) in [5.41, 5.74) is 0.591. The zero-order chi connectivity index (χ0) is 35.1. The summed E-state index contributed by atoms with van der Waals surface area (Å²) in [4.78, 5) is 48.9. The molecule has 1 amide bonds. The number of carbonyl (C=O) groups is 1. The first-order valence-corrected chi connectivity index (χ1v) is 15.9. The van der Waals surface area contributed by atoms with Crippen LogP contribution in [0.15, 0.2) is 64.6 Å². The van der Waals surface area contributed by atoms with Crippen LogP contribution in [0.4, 0.5) is 24.8 Å². The Labute approximate surface area is 286 Å². The van der Waals surface area contributed by atoms with Gasteiger partial charge in [0.1, 0.15) is 12.1 Å². The van der Waals surface area contributed by atoms with E-state index in [4.69, 9.17) is 11.6 Å². The zero-order valence-corrected chi connectivity index (χ0v) is 27.2. The van der Waals surface area contributed by atoms with Gasteiger partial charge in [0.05, 0.1) is 29.3 Å². The van der Waals surface area contributed by atoms with Crippen molar-refractivity contribution in [1.29, 1.82) is 0 Å². The Balaban J connectivity index is 1.38. The fraction of sp³-hybridized carbons (Fsp3) is 0.242. The van der Waals surface area contributed by atoms with Crippen LogP contribution in [0.2, 0.25) is 5.02 Å². The first-order valence-electron chi connectivity index (χ1n) is 15.6. The molecule has 2 aliphatic rings. The number of hydrogen-bond acceptors (Lipinski definition) is 8. The summed E-state index contributed by atoms with van der Waals surface area (Å²) in [5.74, 6) is -4.29. The molecule has 0 spiro atoms. The van der Waals surface area contributed by atoms with Crippen molar-refractivity contribution in [1.82, 2.24) is 44.0 Å². The number of nitrogens with zero attached hydrogens (tertiary/aromatic N) is 8. The van der Waals surface area contributed by atoms with Gasteiger partial charge in [-0.2, -0.15) is 15.2 Å². The largest absolute Gasteiger partial charge is 0.355 e. The van der Waals surface area contributed by atoms with Crippen LogP contribution in [-0.4, -0.2) is 51.1 Å². The highest BCUT2D eigenvalue weighted by Gasteiger charge is 2.22. The molecule has 0 saturated heterocycles. The number of aromatic nitrogens is 8. The fourth-order valence-corrected chi connectivity index (χ4v) is 6.18. The number of halogens is 4. The molecule has 6 bridgehead atoms. The normalized spacial score (nSPS) is 13.8. The number of nitrogens with one attached hydrogen (secondary N) is 2. The molecule has 13 nitrogen and oxygen atoms in total. The third-order valence-electron chi connectivity index (χ3n) is 8.38. The highest BCUT2D eigenvalue weighted by Crippen LogP contribution is 2.35. The molecular weight excluding hydrogens is 677 g/mol. The van der Waals surface area contributed by atoms with Crippen molar-refractivity contribution in [2.24, 2.45) is 7.05 Å². The Bertz CT molecular complexity index is 2420. The number of rotatable bonds is 2. The highest BCUT2D eigenvalue weighted by atomic mass is 35.5. The van der Waals surface area contributed by atoms with Gasteiger partial charge in [0.2, 0.25) is 5.95 Å². The molecule has 256 valence electrons. The topological polar surface area (TPSA) is 147 Å². The van der Waals surface area contributed by atoms with Crippen molar-refractivity contribution in [3.63, 3.8) is 0 Å². The lowest BCUT2D eigenvalue weighted by Crippen LogP contribution is -2.43. The van der Waals surface area contributed by atoms with Crippen LogP contribution in [0, 0.1) is 17.5 Å². The second-order valence-electron chi connectivity index (χ2n) is 11.8. The van der Waals surface area contributed by atoms with E-state index in [9.17, 15) is 27.6 Å². The number of benzene rings is 3.